The number of methoxy groups -OCH3 is 1. The van der Waals surface area contributed by atoms with E-state index in [1.807, 2.05) is 12.1 Å². The maximum Gasteiger partial charge on any atom is 0.244 e. The fourth-order valence-corrected chi connectivity index (χ4v) is 5.79. The van der Waals surface area contributed by atoms with Crippen molar-refractivity contribution in [3.63, 3.8) is 0 Å². The summed E-state index contributed by atoms with van der Waals surface area (Å²) in [5, 5.41) is 2.87. The summed E-state index contributed by atoms with van der Waals surface area (Å²) in [7, 11) is 1.34. The van der Waals surface area contributed by atoms with Gasteiger partial charge in [-0.05, 0) is 36.2 Å². The lowest BCUT2D eigenvalue weighted by Gasteiger charge is -2.17. The van der Waals surface area contributed by atoms with Crippen molar-refractivity contribution in [2.24, 2.45) is 0 Å². The zero-order valence-electron chi connectivity index (χ0n) is 16.7. The van der Waals surface area contributed by atoms with Gasteiger partial charge in [-0.15, -0.1) is 0 Å². The van der Waals surface area contributed by atoms with E-state index in [1.54, 1.807) is 7.11 Å². The van der Waals surface area contributed by atoms with E-state index in [4.69, 9.17) is 4.74 Å². The van der Waals surface area contributed by atoms with E-state index in [9.17, 15) is 0 Å². The molecular formula is C25H26N2OP+. The van der Waals surface area contributed by atoms with E-state index in [1.165, 1.54) is 16.2 Å². The van der Waals surface area contributed by atoms with Crippen molar-refractivity contribution < 1.29 is 9.30 Å². The molecule has 0 aliphatic rings. The molecule has 0 unspecified atom stereocenters. The van der Waals surface area contributed by atoms with Crippen LogP contribution < -0.4 is 19.9 Å². The van der Waals surface area contributed by atoms with Gasteiger partial charge in [-0.1, -0.05) is 72.8 Å². The lowest BCUT2D eigenvalue weighted by atomic mass is 10.2. The third kappa shape index (κ3) is 5.13. The third-order valence-electron chi connectivity index (χ3n) is 4.96. The first-order valence-corrected chi connectivity index (χ1v) is 11.4. The van der Waals surface area contributed by atoms with Crippen molar-refractivity contribution in [1.82, 2.24) is 4.57 Å². The van der Waals surface area contributed by atoms with Gasteiger partial charge in [0, 0.05) is 6.16 Å². The minimum Gasteiger partial charge on any atom is -0.497 e. The zero-order valence-corrected chi connectivity index (χ0v) is 17.6. The van der Waals surface area contributed by atoms with Gasteiger partial charge >= 0.3 is 0 Å². The van der Waals surface area contributed by atoms with Gasteiger partial charge in [0.25, 0.3) is 0 Å². The summed E-state index contributed by atoms with van der Waals surface area (Å²) in [5.74, 6) is 0.902. The number of ether oxygens (including phenoxy) is 1. The molecule has 146 valence electrons. The van der Waals surface area contributed by atoms with Gasteiger partial charge in [-0.25, -0.2) is 9.13 Å². The fourth-order valence-electron chi connectivity index (χ4n) is 3.48. The minimum atomic E-state index is -0.367. The van der Waals surface area contributed by atoms with Crippen molar-refractivity contribution in [2.45, 2.75) is 13.1 Å². The average molecular weight is 401 g/mol. The molecular weight excluding hydrogens is 375 g/mol. The third-order valence-corrected chi connectivity index (χ3v) is 7.45. The van der Waals surface area contributed by atoms with Crippen LogP contribution in [-0.2, 0) is 13.1 Å². The summed E-state index contributed by atoms with van der Waals surface area (Å²) in [6.45, 7) is 1.84. The van der Waals surface area contributed by atoms with Gasteiger partial charge in [-0.2, -0.15) is 0 Å². The van der Waals surface area contributed by atoms with Crippen LogP contribution in [0.5, 0.6) is 5.75 Å². The van der Waals surface area contributed by atoms with Gasteiger partial charge in [0.1, 0.15) is 24.7 Å². The molecule has 0 bridgehead atoms. The average Bonchev–Trinajstić information content (AvgIpc) is 3.23. The Morgan fingerprint density at radius 1 is 0.862 bits per heavy atom. The maximum atomic E-state index is 5.33. The van der Waals surface area contributed by atoms with Crippen LogP contribution in [0.25, 0.3) is 0 Å². The Morgan fingerprint density at radius 2 is 1.55 bits per heavy atom. The summed E-state index contributed by atoms with van der Waals surface area (Å²) in [5.41, 5.74) is 1.24. The molecule has 4 rings (SSSR count). The van der Waals surface area contributed by atoms with Gasteiger partial charge in [-0.3, -0.25) is 0 Å². The van der Waals surface area contributed by atoms with Crippen LogP contribution in [0.1, 0.15) is 5.56 Å². The van der Waals surface area contributed by atoms with Gasteiger partial charge < -0.3 is 4.74 Å². The Bertz CT molecular complexity index is 991. The molecule has 0 atom stereocenters. The van der Waals surface area contributed by atoms with Crippen LogP contribution in [0, 0.1) is 0 Å². The molecule has 1 heterocycles. The number of hydrogen-bond donors (Lipinski definition) is 0. The minimum absolute atomic E-state index is 0.367. The zero-order chi connectivity index (χ0) is 19.9. The Labute approximate surface area is 174 Å². The van der Waals surface area contributed by atoms with Crippen LogP contribution in [-0.4, -0.2) is 17.8 Å². The predicted molar refractivity (Wildman–Crippen MR) is 121 cm³/mol. The molecule has 0 aliphatic heterocycles. The molecule has 3 nitrogen and oxygen atoms in total. The first kappa shape index (κ1) is 19.4. The largest absolute Gasteiger partial charge is 0.497 e. The first-order chi connectivity index (χ1) is 14.3. The summed E-state index contributed by atoms with van der Waals surface area (Å²) in [6.07, 6.45) is 7.64. The Balaban J connectivity index is 1.46. The fraction of sp³-hybridized carbons (Fsp3) is 0.160. The van der Waals surface area contributed by atoms with Crippen molar-refractivity contribution in [3.05, 3.63) is 109 Å². The molecule has 4 aromatic rings. The first-order valence-electron chi connectivity index (χ1n) is 9.87. The maximum absolute atomic E-state index is 5.33. The highest BCUT2D eigenvalue weighted by Crippen LogP contribution is 2.33. The van der Waals surface area contributed by atoms with Gasteiger partial charge in [0.2, 0.25) is 6.33 Å². The van der Waals surface area contributed by atoms with Crippen LogP contribution in [0.15, 0.2) is 104 Å². The lowest BCUT2D eigenvalue weighted by Crippen LogP contribution is -2.31. The molecule has 0 radical (unpaired) electrons. The Kier molecular flexibility index (Phi) is 6.38. The number of rotatable bonds is 8. The number of aryl methyl sites for hydroxylation is 1. The SMILES string of the molecule is COc1cccc(C[n+]2ccn(CCP(c3ccccc3)c3ccccc3)c2)c1. The van der Waals surface area contributed by atoms with Gasteiger partial charge in [0.15, 0.2) is 0 Å². The van der Waals surface area contributed by atoms with E-state index in [-0.39, 0.29) is 7.92 Å². The predicted octanol–water partition coefficient (Wildman–Crippen LogP) is 3.97. The quantitative estimate of drug-likeness (QED) is 0.323. The van der Waals surface area contributed by atoms with Crippen LogP contribution in [0.2, 0.25) is 0 Å². The van der Waals surface area contributed by atoms with E-state index < -0.39 is 0 Å². The molecule has 0 amide bonds. The molecule has 29 heavy (non-hydrogen) atoms. The summed E-state index contributed by atoms with van der Waals surface area (Å²) in [6, 6.07) is 30.1. The highest BCUT2D eigenvalue weighted by atomic mass is 31.1. The smallest absolute Gasteiger partial charge is 0.244 e. The topological polar surface area (TPSA) is 18.0 Å². The summed E-state index contributed by atoms with van der Waals surface area (Å²) in [4.78, 5) is 0. The Morgan fingerprint density at radius 3 is 2.21 bits per heavy atom. The number of nitrogens with zero attached hydrogens (tertiary/aromatic N) is 2. The highest BCUT2D eigenvalue weighted by Gasteiger charge is 2.15. The second kappa shape index (κ2) is 9.54. The monoisotopic (exact) mass is 401 g/mol. The molecule has 0 N–H and O–H groups in total. The van der Waals surface area contributed by atoms with Crippen molar-refractivity contribution in [2.75, 3.05) is 13.3 Å². The van der Waals surface area contributed by atoms with Crippen LogP contribution >= 0.6 is 7.92 Å². The summed E-state index contributed by atoms with van der Waals surface area (Å²) < 4.78 is 9.85. The van der Waals surface area contributed by atoms with Gasteiger partial charge in [0.05, 0.1) is 13.7 Å². The lowest BCUT2D eigenvalue weighted by molar-refractivity contribution is -0.687. The molecule has 3 aromatic carbocycles. The second-order valence-electron chi connectivity index (χ2n) is 7.00. The number of aromatic nitrogens is 2. The van der Waals surface area contributed by atoms with E-state index in [0.29, 0.717) is 0 Å². The van der Waals surface area contributed by atoms with E-state index in [2.05, 4.69) is 101 Å². The molecule has 0 saturated heterocycles. The van der Waals surface area contributed by atoms with E-state index in [0.717, 1.165) is 25.0 Å². The van der Waals surface area contributed by atoms with E-state index >= 15 is 0 Å². The molecule has 4 heteroatoms. The number of hydrogen-bond acceptors (Lipinski definition) is 1. The van der Waals surface area contributed by atoms with Crippen molar-refractivity contribution in [1.29, 1.82) is 0 Å². The standard InChI is InChI=1S/C25H26N2OP/c1-28-23-10-8-9-22(19-23)20-27-16-15-26(21-27)17-18-29(24-11-4-2-5-12-24)25-13-6-3-7-14-25/h2-16,19,21H,17-18,20H2,1H3/q+1. The number of imidazole rings is 1. The molecule has 0 spiro atoms. The second-order valence-corrected chi connectivity index (χ2v) is 9.33. The van der Waals surface area contributed by atoms with Crippen molar-refractivity contribution >= 4 is 18.5 Å². The van der Waals surface area contributed by atoms with Crippen molar-refractivity contribution in [3.8, 4) is 5.75 Å². The molecule has 0 saturated carbocycles. The Hall–Kier alpha value is -2.90. The normalized spacial score (nSPS) is 11.0. The van der Waals surface area contributed by atoms with Crippen LogP contribution in [0.4, 0.5) is 0 Å². The highest BCUT2D eigenvalue weighted by molar-refractivity contribution is 7.73. The summed E-state index contributed by atoms with van der Waals surface area (Å²) >= 11 is 0. The molecule has 0 fully saturated rings. The molecule has 1 aromatic heterocycles. The number of benzene rings is 3. The molecule has 0 aliphatic carbocycles. The van der Waals surface area contributed by atoms with Crippen LogP contribution in [0.3, 0.4) is 0 Å².